The van der Waals surface area contributed by atoms with Gasteiger partial charge >= 0.3 is 0 Å². The van der Waals surface area contributed by atoms with Crippen LogP contribution in [0.25, 0.3) is 11.1 Å². The van der Waals surface area contributed by atoms with Crippen LogP contribution in [-0.4, -0.2) is 38.7 Å². The lowest BCUT2D eigenvalue weighted by Crippen LogP contribution is -2.51. The summed E-state index contributed by atoms with van der Waals surface area (Å²) in [5.74, 6) is -2.53. The largest absolute Gasteiger partial charge is 0.493 e. The van der Waals surface area contributed by atoms with Crippen molar-refractivity contribution < 1.29 is 19.7 Å². The second kappa shape index (κ2) is 10.8. The van der Waals surface area contributed by atoms with Gasteiger partial charge in [0.2, 0.25) is 0 Å². The summed E-state index contributed by atoms with van der Waals surface area (Å²) in [7, 11) is 0. The van der Waals surface area contributed by atoms with Gasteiger partial charge in [0.05, 0.1) is 12.2 Å². The highest BCUT2D eigenvalue weighted by Crippen LogP contribution is 2.40. The van der Waals surface area contributed by atoms with Crippen molar-refractivity contribution >= 4 is 5.91 Å². The predicted molar refractivity (Wildman–Crippen MR) is 131 cm³/mol. The minimum Gasteiger partial charge on any atom is -0.493 e. The van der Waals surface area contributed by atoms with E-state index >= 15 is 0 Å². The van der Waals surface area contributed by atoms with Gasteiger partial charge in [-0.15, -0.1) is 0 Å². The Morgan fingerprint density at radius 3 is 2.44 bits per heavy atom. The molecule has 1 fully saturated rings. The van der Waals surface area contributed by atoms with Crippen molar-refractivity contribution in [1.82, 2.24) is 9.88 Å². The van der Waals surface area contributed by atoms with E-state index in [1.807, 2.05) is 24.3 Å². The number of hydrogen-bond donors (Lipinski definition) is 2. The van der Waals surface area contributed by atoms with Crippen molar-refractivity contribution in [3.05, 3.63) is 84.2 Å². The highest BCUT2D eigenvalue weighted by atomic mass is 16.5. The highest BCUT2D eigenvalue weighted by Gasteiger charge is 2.48. The molecular weight excluding hydrogens is 428 g/mol. The summed E-state index contributed by atoms with van der Waals surface area (Å²) < 4.78 is 5.91. The number of ether oxygens (including phenoxy) is 1. The first-order chi connectivity index (χ1) is 16.5. The molecule has 4 rings (SSSR count). The molecule has 3 aromatic rings. The van der Waals surface area contributed by atoms with Crippen LogP contribution >= 0.6 is 0 Å². The zero-order chi connectivity index (χ0) is 24.0. The highest BCUT2D eigenvalue weighted by molar-refractivity contribution is 5.95. The molecule has 0 aliphatic heterocycles. The van der Waals surface area contributed by atoms with Gasteiger partial charge in [0.25, 0.3) is 11.8 Å². The number of benzene rings is 2. The van der Waals surface area contributed by atoms with Gasteiger partial charge in [-0.25, -0.2) is 0 Å². The van der Waals surface area contributed by atoms with Crippen molar-refractivity contribution in [1.29, 1.82) is 0 Å². The standard InChI is InChI=1S/C28H32N2O4/c1-2-3-4-7-19-34-26-11-6-5-10-25(26)28(32,33)30(24-16-17-24)27(31)22-14-12-21(13-15-22)23-9-8-18-29-20-23/h5-6,8-15,18,20,24,32-33H,2-4,7,16-17,19H2,1H3. The van der Waals surface area contributed by atoms with Gasteiger partial charge in [-0.3, -0.25) is 14.7 Å². The van der Waals surface area contributed by atoms with Crippen LogP contribution in [0.3, 0.4) is 0 Å². The van der Waals surface area contributed by atoms with Crippen molar-refractivity contribution in [2.75, 3.05) is 6.61 Å². The van der Waals surface area contributed by atoms with Crippen LogP contribution in [0, 0.1) is 0 Å². The zero-order valence-electron chi connectivity index (χ0n) is 19.6. The molecule has 2 N–H and O–H groups in total. The Kier molecular flexibility index (Phi) is 7.60. The van der Waals surface area contributed by atoms with E-state index in [-0.39, 0.29) is 11.6 Å². The third-order valence-corrected chi connectivity index (χ3v) is 6.10. The van der Waals surface area contributed by atoms with Gasteiger partial charge < -0.3 is 14.9 Å². The van der Waals surface area contributed by atoms with Crippen LogP contribution in [0.2, 0.25) is 0 Å². The number of hydrogen-bond acceptors (Lipinski definition) is 5. The van der Waals surface area contributed by atoms with E-state index in [4.69, 9.17) is 4.74 Å². The second-order valence-corrected chi connectivity index (χ2v) is 8.77. The summed E-state index contributed by atoms with van der Waals surface area (Å²) in [6.07, 6.45) is 9.14. The fourth-order valence-corrected chi connectivity index (χ4v) is 4.08. The van der Waals surface area contributed by atoms with Crippen molar-refractivity contribution in [2.24, 2.45) is 0 Å². The molecule has 0 radical (unpaired) electrons. The zero-order valence-corrected chi connectivity index (χ0v) is 19.6. The monoisotopic (exact) mass is 460 g/mol. The number of nitrogens with zero attached hydrogens (tertiary/aromatic N) is 2. The van der Waals surface area contributed by atoms with Crippen LogP contribution < -0.4 is 4.74 Å². The Bertz CT molecular complexity index is 1080. The lowest BCUT2D eigenvalue weighted by molar-refractivity contribution is -0.259. The van der Waals surface area contributed by atoms with Crippen LogP contribution in [-0.2, 0) is 5.91 Å². The molecule has 0 spiro atoms. The van der Waals surface area contributed by atoms with E-state index in [0.29, 0.717) is 17.9 Å². The average molecular weight is 461 g/mol. The molecule has 1 aromatic heterocycles. The molecule has 0 saturated heterocycles. The molecule has 1 amide bonds. The minimum absolute atomic E-state index is 0.178. The first-order valence-electron chi connectivity index (χ1n) is 12.0. The van der Waals surface area contributed by atoms with Crippen molar-refractivity contribution in [3.8, 4) is 16.9 Å². The summed E-state index contributed by atoms with van der Waals surface area (Å²) in [5, 5.41) is 22.6. The maximum absolute atomic E-state index is 13.5. The number of amides is 1. The van der Waals surface area contributed by atoms with Crippen molar-refractivity contribution in [3.63, 3.8) is 0 Å². The fraction of sp³-hybridized carbons (Fsp3) is 0.357. The third-order valence-electron chi connectivity index (χ3n) is 6.10. The minimum atomic E-state index is -2.49. The number of unbranched alkanes of at least 4 members (excludes halogenated alkanes) is 3. The molecule has 1 aliphatic carbocycles. The topological polar surface area (TPSA) is 82.9 Å². The van der Waals surface area contributed by atoms with Gasteiger partial charge in [-0.1, -0.05) is 56.5 Å². The van der Waals surface area contributed by atoms with Crippen LogP contribution in [0.15, 0.2) is 73.1 Å². The number of rotatable bonds is 11. The SMILES string of the molecule is CCCCCCOc1ccccc1C(O)(O)N(C(=O)c1ccc(-c2cccnc2)cc1)C1CC1. The van der Waals surface area contributed by atoms with Gasteiger partial charge in [-0.2, -0.15) is 0 Å². The number of para-hydroxylation sites is 1. The first-order valence-corrected chi connectivity index (χ1v) is 12.0. The number of aliphatic hydroxyl groups is 2. The van der Waals surface area contributed by atoms with Gasteiger partial charge in [0, 0.05) is 24.0 Å². The molecule has 0 atom stereocenters. The molecule has 0 bridgehead atoms. The Hall–Kier alpha value is -3.22. The Morgan fingerprint density at radius 2 is 1.76 bits per heavy atom. The van der Waals surface area contributed by atoms with E-state index in [0.717, 1.165) is 49.7 Å². The summed E-state index contributed by atoms with van der Waals surface area (Å²) in [4.78, 5) is 18.8. The summed E-state index contributed by atoms with van der Waals surface area (Å²) in [6.45, 7) is 2.64. The number of aromatic nitrogens is 1. The average Bonchev–Trinajstić information content (AvgIpc) is 3.69. The quantitative estimate of drug-likeness (QED) is 0.307. The Morgan fingerprint density at radius 1 is 1.00 bits per heavy atom. The molecule has 6 nitrogen and oxygen atoms in total. The molecule has 6 heteroatoms. The second-order valence-electron chi connectivity index (χ2n) is 8.77. The Balaban J connectivity index is 1.56. The van der Waals surface area contributed by atoms with Gasteiger partial charge in [0.15, 0.2) is 0 Å². The van der Waals surface area contributed by atoms with Crippen LogP contribution in [0.4, 0.5) is 0 Å². The maximum atomic E-state index is 13.5. The van der Waals surface area contributed by atoms with Crippen molar-refractivity contribution in [2.45, 2.75) is 57.4 Å². The normalized spacial score (nSPS) is 13.5. The predicted octanol–water partition coefficient (Wildman–Crippen LogP) is 5.11. The Labute approximate surface area is 200 Å². The lowest BCUT2D eigenvalue weighted by atomic mass is 10.0. The van der Waals surface area contributed by atoms with E-state index in [1.54, 1.807) is 48.8 Å². The number of carbonyl (C=O) groups excluding carboxylic acids is 1. The summed E-state index contributed by atoms with van der Waals surface area (Å²) in [5.41, 5.74) is 2.45. The molecule has 178 valence electrons. The van der Waals surface area contributed by atoms with E-state index < -0.39 is 11.8 Å². The van der Waals surface area contributed by atoms with Gasteiger partial charge in [0.1, 0.15) is 5.75 Å². The molecule has 2 aromatic carbocycles. The number of carbonyl (C=O) groups is 1. The molecule has 1 aliphatic rings. The summed E-state index contributed by atoms with van der Waals surface area (Å²) in [6, 6.07) is 17.5. The number of pyridine rings is 1. The molecule has 34 heavy (non-hydrogen) atoms. The van der Waals surface area contributed by atoms with Crippen LogP contribution in [0.5, 0.6) is 5.75 Å². The third kappa shape index (κ3) is 5.46. The molecule has 0 unspecified atom stereocenters. The van der Waals surface area contributed by atoms with E-state index in [1.165, 1.54) is 4.90 Å². The van der Waals surface area contributed by atoms with Crippen LogP contribution in [0.1, 0.15) is 61.4 Å². The maximum Gasteiger partial charge on any atom is 0.281 e. The van der Waals surface area contributed by atoms with E-state index in [2.05, 4.69) is 11.9 Å². The summed E-state index contributed by atoms with van der Waals surface area (Å²) >= 11 is 0. The van der Waals surface area contributed by atoms with E-state index in [9.17, 15) is 15.0 Å². The smallest absolute Gasteiger partial charge is 0.281 e. The molecular formula is C28H32N2O4. The molecule has 1 heterocycles. The lowest BCUT2D eigenvalue weighted by Gasteiger charge is -2.36. The van der Waals surface area contributed by atoms with Gasteiger partial charge in [-0.05, 0) is 60.7 Å². The first kappa shape index (κ1) is 23.9. The molecule has 1 saturated carbocycles. The fourth-order valence-electron chi connectivity index (χ4n) is 4.08.